The second kappa shape index (κ2) is 4.28. The van der Waals surface area contributed by atoms with Gasteiger partial charge in [-0.3, -0.25) is 4.79 Å². The quantitative estimate of drug-likeness (QED) is 0.644. The lowest BCUT2D eigenvalue weighted by molar-refractivity contribution is -0.126. The van der Waals surface area contributed by atoms with Crippen molar-refractivity contribution in [1.82, 2.24) is 15.5 Å². The Bertz CT molecular complexity index is 213. The molecule has 0 radical (unpaired) electrons. The Morgan fingerprint density at radius 2 is 2.50 bits per heavy atom. The summed E-state index contributed by atoms with van der Waals surface area (Å²) in [7, 11) is 1.87. The fraction of sp³-hybridized carbons (Fsp3) is 0.900. The fourth-order valence-corrected chi connectivity index (χ4v) is 2.24. The van der Waals surface area contributed by atoms with E-state index in [1.54, 1.807) is 4.90 Å². The first kappa shape index (κ1) is 9.93. The van der Waals surface area contributed by atoms with E-state index in [-0.39, 0.29) is 5.91 Å². The number of likely N-dealkylation sites (N-methyl/N-ethyl adjacent to an activating group) is 1. The zero-order valence-corrected chi connectivity index (χ0v) is 8.75. The van der Waals surface area contributed by atoms with Crippen LogP contribution in [0.1, 0.15) is 19.3 Å². The molecule has 0 aromatic heterocycles. The summed E-state index contributed by atoms with van der Waals surface area (Å²) in [5.74, 6) is 0.266. The number of hydrogen-bond donors (Lipinski definition) is 2. The lowest BCUT2D eigenvalue weighted by Gasteiger charge is -2.16. The average Bonchev–Trinajstić information content (AvgIpc) is 2.74. The minimum atomic E-state index is 0.266. The zero-order valence-electron chi connectivity index (χ0n) is 8.75. The Labute approximate surface area is 85.0 Å². The van der Waals surface area contributed by atoms with Gasteiger partial charge in [-0.25, -0.2) is 0 Å². The molecule has 2 heterocycles. The van der Waals surface area contributed by atoms with Crippen LogP contribution in [-0.2, 0) is 4.79 Å². The fourth-order valence-electron chi connectivity index (χ4n) is 2.24. The molecule has 2 fully saturated rings. The Balaban J connectivity index is 1.68. The third kappa shape index (κ3) is 2.25. The first-order valence-corrected chi connectivity index (χ1v) is 5.46. The van der Waals surface area contributed by atoms with Gasteiger partial charge in [-0.1, -0.05) is 0 Å². The van der Waals surface area contributed by atoms with Crippen LogP contribution in [0.5, 0.6) is 0 Å². The molecule has 4 heteroatoms. The zero-order chi connectivity index (χ0) is 9.97. The number of amides is 1. The molecule has 0 aliphatic carbocycles. The molecular weight excluding hydrogens is 178 g/mol. The molecule has 2 N–H and O–H groups in total. The second-order valence-electron chi connectivity index (χ2n) is 4.38. The molecule has 2 rings (SSSR count). The molecule has 80 valence electrons. The van der Waals surface area contributed by atoms with Gasteiger partial charge >= 0.3 is 0 Å². The van der Waals surface area contributed by atoms with E-state index in [4.69, 9.17) is 0 Å². The predicted molar refractivity (Wildman–Crippen MR) is 55.1 cm³/mol. The van der Waals surface area contributed by atoms with Gasteiger partial charge in [-0.15, -0.1) is 0 Å². The second-order valence-corrected chi connectivity index (χ2v) is 4.38. The Kier molecular flexibility index (Phi) is 3.03. The van der Waals surface area contributed by atoms with Crippen molar-refractivity contribution < 1.29 is 4.79 Å². The molecule has 4 nitrogen and oxygen atoms in total. The van der Waals surface area contributed by atoms with E-state index in [0.29, 0.717) is 18.5 Å². The average molecular weight is 197 g/mol. The summed E-state index contributed by atoms with van der Waals surface area (Å²) in [5.41, 5.74) is 0. The molecule has 2 aliphatic heterocycles. The van der Waals surface area contributed by atoms with Crippen LogP contribution in [0.15, 0.2) is 0 Å². The van der Waals surface area contributed by atoms with E-state index in [0.717, 1.165) is 19.6 Å². The highest BCUT2D eigenvalue weighted by atomic mass is 16.2. The standard InChI is InChI=1S/C10H19N3O/c1-13-7-9(5-10(13)14)12-6-8-3-2-4-11-8/h8-9,11-12H,2-7H2,1H3. The van der Waals surface area contributed by atoms with Gasteiger partial charge in [0, 0.05) is 38.6 Å². The predicted octanol–water partition coefficient (Wildman–Crippen LogP) is -0.441. The van der Waals surface area contributed by atoms with E-state index in [2.05, 4.69) is 10.6 Å². The largest absolute Gasteiger partial charge is 0.344 e. The number of rotatable bonds is 3. The summed E-state index contributed by atoms with van der Waals surface area (Å²) >= 11 is 0. The van der Waals surface area contributed by atoms with E-state index >= 15 is 0 Å². The molecule has 0 saturated carbocycles. The molecule has 2 saturated heterocycles. The topological polar surface area (TPSA) is 44.4 Å². The monoisotopic (exact) mass is 197 g/mol. The first-order chi connectivity index (χ1) is 6.75. The van der Waals surface area contributed by atoms with Gasteiger partial charge in [-0.05, 0) is 19.4 Å². The smallest absolute Gasteiger partial charge is 0.224 e. The summed E-state index contributed by atoms with van der Waals surface area (Å²) < 4.78 is 0. The van der Waals surface area contributed by atoms with Crippen LogP contribution < -0.4 is 10.6 Å². The van der Waals surface area contributed by atoms with Crippen LogP contribution >= 0.6 is 0 Å². The minimum absolute atomic E-state index is 0.266. The van der Waals surface area contributed by atoms with Gasteiger partial charge in [0.15, 0.2) is 0 Å². The van der Waals surface area contributed by atoms with Crippen LogP contribution in [0.2, 0.25) is 0 Å². The summed E-state index contributed by atoms with van der Waals surface area (Å²) in [6.45, 7) is 3.02. The van der Waals surface area contributed by atoms with Crippen molar-refractivity contribution in [1.29, 1.82) is 0 Å². The molecule has 2 aliphatic rings. The van der Waals surface area contributed by atoms with Gasteiger partial charge in [0.1, 0.15) is 0 Å². The maximum atomic E-state index is 11.3. The maximum Gasteiger partial charge on any atom is 0.224 e. The van der Waals surface area contributed by atoms with E-state index < -0.39 is 0 Å². The summed E-state index contributed by atoms with van der Waals surface area (Å²) in [6, 6.07) is 0.992. The molecule has 0 aromatic rings. The molecule has 0 spiro atoms. The van der Waals surface area contributed by atoms with Crippen LogP contribution in [0.4, 0.5) is 0 Å². The van der Waals surface area contributed by atoms with Gasteiger partial charge in [0.25, 0.3) is 0 Å². The molecule has 2 unspecified atom stereocenters. The molecular formula is C10H19N3O. The van der Waals surface area contributed by atoms with Gasteiger partial charge in [-0.2, -0.15) is 0 Å². The maximum absolute atomic E-state index is 11.3. The van der Waals surface area contributed by atoms with Crippen molar-refractivity contribution >= 4 is 5.91 Å². The first-order valence-electron chi connectivity index (χ1n) is 5.46. The highest BCUT2D eigenvalue weighted by Gasteiger charge is 2.27. The lowest BCUT2D eigenvalue weighted by Crippen LogP contribution is -2.40. The van der Waals surface area contributed by atoms with E-state index in [9.17, 15) is 4.79 Å². The Morgan fingerprint density at radius 3 is 3.07 bits per heavy atom. The Hall–Kier alpha value is -0.610. The van der Waals surface area contributed by atoms with Gasteiger partial charge in [0.2, 0.25) is 5.91 Å². The Morgan fingerprint density at radius 1 is 1.64 bits per heavy atom. The molecule has 14 heavy (non-hydrogen) atoms. The third-order valence-electron chi connectivity index (χ3n) is 3.16. The summed E-state index contributed by atoms with van der Waals surface area (Å²) in [4.78, 5) is 13.1. The van der Waals surface area contributed by atoms with E-state index in [1.807, 2.05) is 7.05 Å². The highest BCUT2D eigenvalue weighted by Crippen LogP contribution is 2.09. The number of carbonyl (C=O) groups excluding carboxylic acids is 1. The molecule has 0 bridgehead atoms. The third-order valence-corrected chi connectivity index (χ3v) is 3.16. The van der Waals surface area contributed by atoms with Crippen molar-refractivity contribution in [2.24, 2.45) is 0 Å². The SMILES string of the molecule is CN1CC(NCC2CCCN2)CC1=O. The normalized spacial score (nSPS) is 32.9. The molecule has 1 amide bonds. The number of likely N-dealkylation sites (tertiary alicyclic amines) is 1. The lowest BCUT2D eigenvalue weighted by atomic mass is 10.2. The van der Waals surface area contributed by atoms with Crippen LogP contribution in [0, 0.1) is 0 Å². The van der Waals surface area contributed by atoms with Crippen molar-refractivity contribution in [3.05, 3.63) is 0 Å². The van der Waals surface area contributed by atoms with Crippen LogP contribution in [0.25, 0.3) is 0 Å². The summed E-state index contributed by atoms with van der Waals surface area (Å²) in [6.07, 6.45) is 3.22. The van der Waals surface area contributed by atoms with Gasteiger partial charge < -0.3 is 15.5 Å². The molecule has 2 atom stereocenters. The van der Waals surface area contributed by atoms with Crippen molar-refractivity contribution in [2.45, 2.75) is 31.3 Å². The van der Waals surface area contributed by atoms with Crippen molar-refractivity contribution in [3.63, 3.8) is 0 Å². The number of hydrogen-bond acceptors (Lipinski definition) is 3. The van der Waals surface area contributed by atoms with Gasteiger partial charge in [0.05, 0.1) is 0 Å². The van der Waals surface area contributed by atoms with Crippen LogP contribution in [0.3, 0.4) is 0 Å². The van der Waals surface area contributed by atoms with Crippen LogP contribution in [-0.4, -0.2) is 49.6 Å². The van der Waals surface area contributed by atoms with E-state index in [1.165, 1.54) is 12.8 Å². The highest BCUT2D eigenvalue weighted by molar-refractivity contribution is 5.78. The minimum Gasteiger partial charge on any atom is -0.344 e. The van der Waals surface area contributed by atoms with Crippen molar-refractivity contribution in [2.75, 3.05) is 26.7 Å². The van der Waals surface area contributed by atoms with Crippen molar-refractivity contribution in [3.8, 4) is 0 Å². The number of nitrogens with zero attached hydrogens (tertiary/aromatic N) is 1. The number of carbonyl (C=O) groups is 1. The molecule has 0 aromatic carbocycles. The number of nitrogens with one attached hydrogen (secondary N) is 2. The summed E-state index contributed by atoms with van der Waals surface area (Å²) in [5, 5.41) is 6.90.